The van der Waals surface area contributed by atoms with Gasteiger partial charge in [-0.1, -0.05) is 6.07 Å². The predicted molar refractivity (Wildman–Crippen MR) is 54.8 cm³/mol. The zero-order valence-electron chi connectivity index (χ0n) is 8.35. The van der Waals surface area contributed by atoms with E-state index >= 15 is 0 Å². The standard InChI is InChI=1S/C10H10O4S/c1-6(11)8(10(13)14-2)9(12)7-4-3-5-15-7/h3-5,8H,1-2H3. The first kappa shape index (κ1) is 11.6. The van der Waals surface area contributed by atoms with Gasteiger partial charge in [-0.15, -0.1) is 11.3 Å². The van der Waals surface area contributed by atoms with Gasteiger partial charge in [0, 0.05) is 0 Å². The van der Waals surface area contributed by atoms with Gasteiger partial charge in [-0.05, 0) is 18.4 Å². The van der Waals surface area contributed by atoms with Crippen LogP contribution in [0, 0.1) is 5.92 Å². The van der Waals surface area contributed by atoms with Crippen LogP contribution in [0.5, 0.6) is 0 Å². The van der Waals surface area contributed by atoms with Gasteiger partial charge in [0.05, 0.1) is 12.0 Å². The van der Waals surface area contributed by atoms with Gasteiger partial charge in [0.25, 0.3) is 0 Å². The smallest absolute Gasteiger partial charge is 0.324 e. The van der Waals surface area contributed by atoms with Crippen molar-refractivity contribution in [3.63, 3.8) is 0 Å². The SMILES string of the molecule is COC(=O)C(C(C)=O)C(=O)c1cccs1. The number of carbonyl (C=O) groups is 3. The molecular formula is C10H10O4S. The van der Waals surface area contributed by atoms with E-state index in [2.05, 4.69) is 4.74 Å². The highest BCUT2D eigenvalue weighted by Gasteiger charge is 2.33. The second-order valence-corrected chi connectivity index (χ2v) is 3.86. The van der Waals surface area contributed by atoms with Gasteiger partial charge in [0.2, 0.25) is 0 Å². The summed E-state index contributed by atoms with van der Waals surface area (Å²) in [4.78, 5) is 34.5. The second-order valence-electron chi connectivity index (χ2n) is 2.91. The van der Waals surface area contributed by atoms with Crippen LogP contribution in [0.15, 0.2) is 17.5 Å². The molecule has 0 bridgehead atoms. The van der Waals surface area contributed by atoms with Gasteiger partial charge < -0.3 is 4.74 Å². The molecule has 1 aromatic heterocycles. The van der Waals surface area contributed by atoms with E-state index in [1.165, 1.54) is 18.3 Å². The van der Waals surface area contributed by atoms with Crippen molar-refractivity contribution in [1.29, 1.82) is 0 Å². The Balaban J connectivity index is 2.96. The van der Waals surface area contributed by atoms with E-state index in [1.807, 2.05) is 0 Å². The molecule has 0 aromatic carbocycles. The Morgan fingerprint density at radius 2 is 2.07 bits per heavy atom. The maximum Gasteiger partial charge on any atom is 0.324 e. The van der Waals surface area contributed by atoms with Crippen LogP contribution in [-0.4, -0.2) is 24.6 Å². The third-order valence-corrected chi connectivity index (χ3v) is 2.75. The summed E-state index contributed by atoms with van der Waals surface area (Å²) in [5, 5.41) is 1.71. The lowest BCUT2D eigenvalue weighted by Gasteiger charge is -2.08. The molecule has 4 nitrogen and oxygen atoms in total. The summed E-state index contributed by atoms with van der Waals surface area (Å²) in [7, 11) is 1.15. The van der Waals surface area contributed by atoms with E-state index in [4.69, 9.17) is 0 Å². The third kappa shape index (κ3) is 2.50. The Hall–Kier alpha value is -1.49. The first-order valence-electron chi connectivity index (χ1n) is 4.24. The van der Waals surface area contributed by atoms with Crippen LogP contribution in [0.3, 0.4) is 0 Å². The summed E-state index contributed by atoms with van der Waals surface area (Å²) >= 11 is 1.20. The number of ketones is 2. The Morgan fingerprint density at radius 3 is 2.47 bits per heavy atom. The van der Waals surface area contributed by atoms with Crippen molar-refractivity contribution in [1.82, 2.24) is 0 Å². The van der Waals surface area contributed by atoms with Crippen LogP contribution in [-0.2, 0) is 14.3 Å². The summed E-state index contributed by atoms with van der Waals surface area (Å²) in [6, 6.07) is 3.26. The van der Waals surface area contributed by atoms with Crippen molar-refractivity contribution in [2.24, 2.45) is 5.92 Å². The van der Waals surface area contributed by atoms with Crippen LogP contribution in [0.1, 0.15) is 16.6 Å². The maximum absolute atomic E-state index is 11.7. The number of esters is 1. The molecule has 0 aliphatic heterocycles. The fourth-order valence-corrected chi connectivity index (χ4v) is 1.83. The predicted octanol–water partition coefficient (Wildman–Crippen LogP) is 1.31. The van der Waals surface area contributed by atoms with Gasteiger partial charge in [0.15, 0.2) is 17.5 Å². The average Bonchev–Trinajstić information content (AvgIpc) is 2.69. The lowest BCUT2D eigenvalue weighted by Crippen LogP contribution is -2.31. The molecule has 1 atom stereocenters. The van der Waals surface area contributed by atoms with Gasteiger partial charge in [0.1, 0.15) is 0 Å². The Bertz CT molecular complexity index is 380. The van der Waals surface area contributed by atoms with Crippen molar-refractivity contribution >= 4 is 28.9 Å². The lowest BCUT2D eigenvalue weighted by atomic mass is 9.99. The molecule has 0 fully saturated rings. The molecule has 5 heteroatoms. The number of methoxy groups -OCH3 is 1. The molecule has 0 aliphatic carbocycles. The van der Waals surface area contributed by atoms with Crippen molar-refractivity contribution in [3.05, 3.63) is 22.4 Å². The summed E-state index contributed by atoms with van der Waals surface area (Å²) < 4.78 is 4.42. The van der Waals surface area contributed by atoms with Crippen molar-refractivity contribution in [3.8, 4) is 0 Å². The molecule has 15 heavy (non-hydrogen) atoms. The number of Topliss-reactive ketones (excluding diaryl/α,β-unsaturated/α-hetero) is 2. The largest absolute Gasteiger partial charge is 0.468 e. The summed E-state index contributed by atoms with van der Waals surface area (Å²) in [6.07, 6.45) is 0. The molecule has 0 aliphatic rings. The average molecular weight is 226 g/mol. The van der Waals surface area contributed by atoms with Crippen molar-refractivity contribution in [2.45, 2.75) is 6.92 Å². The van der Waals surface area contributed by atoms with Gasteiger partial charge in [-0.25, -0.2) is 0 Å². The molecule has 1 heterocycles. The van der Waals surface area contributed by atoms with Crippen LogP contribution in [0.2, 0.25) is 0 Å². The number of rotatable bonds is 4. The Kier molecular flexibility index (Phi) is 3.74. The van der Waals surface area contributed by atoms with Crippen molar-refractivity contribution in [2.75, 3.05) is 7.11 Å². The second kappa shape index (κ2) is 4.84. The van der Waals surface area contributed by atoms with Crippen molar-refractivity contribution < 1.29 is 19.1 Å². The molecule has 0 saturated heterocycles. The summed E-state index contributed by atoms with van der Waals surface area (Å²) in [5.41, 5.74) is 0. The topological polar surface area (TPSA) is 60.4 Å². The molecule has 0 saturated carbocycles. The lowest BCUT2D eigenvalue weighted by molar-refractivity contribution is -0.146. The van der Waals surface area contributed by atoms with E-state index in [1.54, 1.807) is 17.5 Å². The number of hydrogen-bond donors (Lipinski definition) is 0. The third-order valence-electron chi connectivity index (χ3n) is 1.87. The quantitative estimate of drug-likeness (QED) is 0.441. The number of ether oxygens (including phenoxy) is 1. The first-order chi connectivity index (χ1) is 7.07. The normalized spacial score (nSPS) is 11.9. The number of hydrogen-bond acceptors (Lipinski definition) is 5. The summed E-state index contributed by atoms with van der Waals surface area (Å²) in [5.74, 6) is -3.13. The van der Waals surface area contributed by atoms with Crippen LogP contribution < -0.4 is 0 Å². The molecule has 80 valence electrons. The van der Waals surface area contributed by atoms with E-state index in [9.17, 15) is 14.4 Å². The van der Waals surface area contributed by atoms with Crippen LogP contribution in [0.25, 0.3) is 0 Å². The first-order valence-corrected chi connectivity index (χ1v) is 5.12. The molecule has 0 N–H and O–H groups in total. The fourth-order valence-electron chi connectivity index (χ4n) is 1.14. The maximum atomic E-state index is 11.7. The minimum atomic E-state index is -1.33. The molecular weight excluding hydrogens is 216 g/mol. The highest BCUT2D eigenvalue weighted by atomic mass is 32.1. The summed E-state index contributed by atoms with van der Waals surface area (Å²) in [6.45, 7) is 1.20. The minimum Gasteiger partial charge on any atom is -0.468 e. The number of carbonyl (C=O) groups excluding carboxylic acids is 3. The van der Waals surface area contributed by atoms with Gasteiger partial charge >= 0.3 is 5.97 Å². The molecule has 1 aromatic rings. The van der Waals surface area contributed by atoms with E-state index < -0.39 is 23.5 Å². The van der Waals surface area contributed by atoms with Gasteiger partial charge in [-0.3, -0.25) is 14.4 Å². The molecule has 1 rings (SSSR count). The van der Waals surface area contributed by atoms with Crippen LogP contribution in [0.4, 0.5) is 0 Å². The zero-order chi connectivity index (χ0) is 11.4. The van der Waals surface area contributed by atoms with Gasteiger partial charge in [-0.2, -0.15) is 0 Å². The van der Waals surface area contributed by atoms with E-state index in [0.29, 0.717) is 4.88 Å². The van der Waals surface area contributed by atoms with E-state index in [0.717, 1.165) is 7.11 Å². The monoisotopic (exact) mass is 226 g/mol. The zero-order valence-corrected chi connectivity index (χ0v) is 9.17. The van der Waals surface area contributed by atoms with Crippen LogP contribution >= 0.6 is 11.3 Å². The highest BCUT2D eigenvalue weighted by Crippen LogP contribution is 2.16. The molecule has 0 radical (unpaired) electrons. The number of thiophene rings is 1. The highest BCUT2D eigenvalue weighted by molar-refractivity contribution is 7.12. The molecule has 1 unspecified atom stereocenters. The molecule has 0 spiro atoms. The molecule has 0 amide bonds. The Morgan fingerprint density at radius 1 is 1.40 bits per heavy atom. The fraction of sp³-hybridized carbons (Fsp3) is 0.300. The minimum absolute atomic E-state index is 0.389. The Labute approximate surface area is 90.9 Å². The van der Waals surface area contributed by atoms with E-state index in [-0.39, 0.29) is 0 Å².